The molecule has 0 bridgehead atoms. The van der Waals surface area contributed by atoms with Crippen molar-refractivity contribution in [2.45, 2.75) is 20.5 Å². The number of benzene rings is 2. The highest BCUT2D eigenvalue weighted by molar-refractivity contribution is 6.30. The van der Waals surface area contributed by atoms with E-state index in [2.05, 4.69) is 13.0 Å². The van der Waals surface area contributed by atoms with Gasteiger partial charge in [-0.15, -0.1) is 0 Å². The third-order valence-corrected chi connectivity index (χ3v) is 3.05. The molecule has 2 N–H and O–H groups in total. The van der Waals surface area contributed by atoms with Crippen molar-refractivity contribution in [1.82, 2.24) is 0 Å². The number of halogens is 1. The first kappa shape index (κ1) is 12.8. The number of anilines is 1. The molecule has 2 rings (SSSR count). The minimum atomic E-state index is 0.427. The van der Waals surface area contributed by atoms with Gasteiger partial charge in [0.1, 0.15) is 12.4 Å². The van der Waals surface area contributed by atoms with Gasteiger partial charge in [0.05, 0.1) is 0 Å². The molecule has 0 saturated carbocycles. The van der Waals surface area contributed by atoms with Crippen LogP contribution in [0.5, 0.6) is 5.75 Å². The summed E-state index contributed by atoms with van der Waals surface area (Å²) >= 11 is 5.94. The van der Waals surface area contributed by atoms with Gasteiger partial charge in [0.25, 0.3) is 0 Å². The fourth-order valence-corrected chi connectivity index (χ4v) is 2.01. The Morgan fingerprint density at radius 2 is 1.89 bits per heavy atom. The van der Waals surface area contributed by atoms with Gasteiger partial charge in [0.15, 0.2) is 0 Å². The summed E-state index contributed by atoms with van der Waals surface area (Å²) in [6, 6.07) is 11.5. The van der Waals surface area contributed by atoms with Crippen molar-refractivity contribution in [2.75, 3.05) is 5.73 Å². The highest BCUT2D eigenvalue weighted by atomic mass is 35.5. The zero-order valence-corrected chi connectivity index (χ0v) is 11.3. The lowest BCUT2D eigenvalue weighted by Gasteiger charge is -2.11. The SMILES string of the molecule is Cc1ccc(OCc2cc(Cl)ccc2N)c(C)c1. The number of nitrogen functional groups attached to an aromatic ring is 1. The van der Waals surface area contributed by atoms with E-state index >= 15 is 0 Å². The first-order valence-electron chi connectivity index (χ1n) is 5.80. The summed E-state index contributed by atoms with van der Waals surface area (Å²) in [5, 5.41) is 0.670. The Morgan fingerprint density at radius 1 is 1.11 bits per heavy atom. The standard InChI is InChI=1S/C15H16ClNO/c1-10-3-6-15(11(2)7-10)18-9-12-8-13(16)4-5-14(12)17/h3-8H,9,17H2,1-2H3. The molecule has 0 heterocycles. The molecule has 0 radical (unpaired) electrons. The fraction of sp³-hybridized carbons (Fsp3) is 0.200. The van der Waals surface area contributed by atoms with Crippen molar-refractivity contribution in [3.63, 3.8) is 0 Å². The number of aryl methyl sites for hydroxylation is 2. The molecule has 0 amide bonds. The number of rotatable bonds is 3. The zero-order valence-electron chi connectivity index (χ0n) is 10.5. The van der Waals surface area contributed by atoms with E-state index in [9.17, 15) is 0 Å². The summed E-state index contributed by atoms with van der Waals surface area (Å²) in [7, 11) is 0. The van der Waals surface area contributed by atoms with Gasteiger partial charge >= 0.3 is 0 Å². The van der Waals surface area contributed by atoms with E-state index in [1.165, 1.54) is 5.56 Å². The average molecular weight is 262 g/mol. The molecule has 0 aliphatic heterocycles. The van der Waals surface area contributed by atoms with Gasteiger partial charge < -0.3 is 10.5 Å². The van der Waals surface area contributed by atoms with Crippen molar-refractivity contribution in [3.8, 4) is 5.75 Å². The Hall–Kier alpha value is -1.67. The highest BCUT2D eigenvalue weighted by Gasteiger charge is 2.04. The molecule has 0 spiro atoms. The molecule has 2 aromatic rings. The Balaban J connectivity index is 2.13. The van der Waals surface area contributed by atoms with Crippen LogP contribution in [0.3, 0.4) is 0 Å². The first-order valence-corrected chi connectivity index (χ1v) is 6.18. The Labute approximate surface area is 112 Å². The van der Waals surface area contributed by atoms with E-state index in [-0.39, 0.29) is 0 Å². The summed E-state index contributed by atoms with van der Waals surface area (Å²) in [6.07, 6.45) is 0. The van der Waals surface area contributed by atoms with Crippen molar-refractivity contribution < 1.29 is 4.74 Å². The Bertz CT molecular complexity index is 566. The third kappa shape index (κ3) is 2.96. The summed E-state index contributed by atoms with van der Waals surface area (Å²) < 4.78 is 5.78. The summed E-state index contributed by atoms with van der Waals surface area (Å²) in [6.45, 7) is 4.52. The maximum Gasteiger partial charge on any atom is 0.122 e. The molecule has 3 heteroatoms. The maximum atomic E-state index is 5.94. The normalized spacial score (nSPS) is 10.4. The van der Waals surface area contributed by atoms with Crippen LogP contribution < -0.4 is 10.5 Å². The van der Waals surface area contributed by atoms with Crippen LogP contribution in [0.1, 0.15) is 16.7 Å². The van der Waals surface area contributed by atoms with Crippen LogP contribution in [0.25, 0.3) is 0 Å². The molecule has 0 atom stereocenters. The van der Waals surface area contributed by atoms with Crippen LogP contribution in [0.2, 0.25) is 5.02 Å². The van der Waals surface area contributed by atoms with E-state index in [4.69, 9.17) is 22.1 Å². The van der Waals surface area contributed by atoms with Gasteiger partial charge in [0.2, 0.25) is 0 Å². The van der Waals surface area contributed by atoms with Crippen molar-refractivity contribution in [2.24, 2.45) is 0 Å². The fourth-order valence-electron chi connectivity index (χ4n) is 1.82. The molecule has 0 unspecified atom stereocenters. The van der Waals surface area contributed by atoms with Crippen molar-refractivity contribution >= 4 is 17.3 Å². The topological polar surface area (TPSA) is 35.2 Å². The number of ether oxygens (including phenoxy) is 1. The van der Waals surface area contributed by atoms with E-state index in [0.29, 0.717) is 17.3 Å². The van der Waals surface area contributed by atoms with Gasteiger partial charge in [-0.1, -0.05) is 29.3 Å². The highest BCUT2D eigenvalue weighted by Crippen LogP contribution is 2.23. The van der Waals surface area contributed by atoms with Crippen LogP contribution in [0.15, 0.2) is 36.4 Å². The molecule has 0 aromatic heterocycles. The Kier molecular flexibility index (Phi) is 3.78. The lowest BCUT2D eigenvalue weighted by Crippen LogP contribution is -2.01. The minimum absolute atomic E-state index is 0.427. The second-order valence-corrected chi connectivity index (χ2v) is 4.84. The van der Waals surface area contributed by atoms with Crippen LogP contribution in [0.4, 0.5) is 5.69 Å². The molecule has 94 valence electrons. The number of nitrogens with two attached hydrogens (primary N) is 1. The Morgan fingerprint density at radius 3 is 2.61 bits per heavy atom. The second-order valence-electron chi connectivity index (χ2n) is 4.40. The molecule has 0 fully saturated rings. The van der Waals surface area contributed by atoms with Gasteiger partial charge in [0, 0.05) is 16.3 Å². The number of hydrogen-bond acceptors (Lipinski definition) is 2. The molecule has 18 heavy (non-hydrogen) atoms. The van der Waals surface area contributed by atoms with E-state index < -0.39 is 0 Å². The molecule has 2 aromatic carbocycles. The predicted molar refractivity (Wildman–Crippen MR) is 76.1 cm³/mol. The summed E-state index contributed by atoms with van der Waals surface area (Å²) in [5.74, 6) is 0.875. The second kappa shape index (κ2) is 5.32. The molecule has 2 nitrogen and oxygen atoms in total. The summed E-state index contributed by atoms with van der Waals surface area (Å²) in [4.78, 5) is 0. The van der Waals surface area contributed by atoms with Gasteiger partial charge in [-0.3, -0.25) is 0 Å². The van der Waals surface area contributed by atoms with E-state index in [1.807, 2.05) is 25.1 Å². The monoisotopic (exact) mass is 261 g/mol. The molecule has 0 saturated heterocycles. The lowest BCUT2D eigenvalue weighted by atomic mass is 10.1. The zero-order chi connectivity index (χ0) is 13.1. The molecular formula is C15H16ClNO. The predicted octanol–water partition coefficient (Wildman–Crippen LogP) is 4.12. The smallest absolute Gasteiger partial charge is 0.122 e. The molecule has 0 aliphatic rings. The largest absolute Gasteiger partial charge is 0.489 e. The minimum Gasteiger partial charge on any atom is -0.489 e. The van der Waals surface area contributed by atoms with Crippen LogP contribution in [-0.2, 0) is 6.61 Å². The lowest BCUT2D eigenvalue weighted by molar-refractivity contribution is 0.304. The average Bonchev–Trinajstić information content (AvgIpc) is 2.32. The quantitative estimate of drug-likeness (QED) is 0.844. The summed E-state index contributed by atoms with van der Waals surface area (Å²) in [5.41, 5.74) is 9.83. The van der Waals surface area contributed by atoms with Crippen LogP contribution >= 0.6 is 11.6 Å². The van der Waals surface area contributed by atoms with Crippen molar-refractivity contribution in [1.29, 1.82) is 0 Å². The van der Waals surface area contributed by atoms with Crippen molar-refractivity contribution in [3.05, 3.63) is 58.1 Å². The number of hydrogen-bond donors (Lipinski definition) is 1. The maximum absolute atomic E-state index is 5.94. The van der Waals surface area contributed by atoms with E-state index in [0.717, 1.165) is 16.9 Å². The molecule has 0 aliphatic carbocycles. The first-order chi connectivity index (χ1) is 8.56. The van der Waals surface area contributed by atoms with E-state index in [1.54, 1.807) is 12.1 Å². The van der Waals surface area contributed by atoms with Gasteiger partial charge in [-0.05, 0) is 43.7 Å². The van der Waals surface area contributed by atoms with Crippen LogP contribution in [-0.4, -0.2) is 0 Å². The third-order valence-electron chi connectivity index (χ3n) is 2.82. The van der Waals surface area contributed by atoms with Crippen LogP contribution in [0, 0.1) is 13.8 Å². The molecular weight excluding hydrogens is 246 g/mol. The van der Waals surface area contributed by atoms with Gasteiger partial charge in [-0.25, -0.2) is 0 Å². The van der Waals surface area contributed by atoms with Gasteiger partial charge in [-0.2, -0.15) is 0 Å².